The van der Waals surface area contributed by atoms with Crippen LogP contribution in [-0.2, 0) is 10.0 Å². The first-order valence-electron chi connectivity index (χ1n) is 7.05. The van der Waals surface area contributed by atoms with Crippen LogP contribution in [0.2, 0.25) is 0 Å². The Morgan fingerprint density at radius 3 is 2.71 bits per heavy atom. The molecule has 116 valence electrons. The molecule has 1 aromatic carbocycles. The highest BCUT2D eigenvalue weighted by Crippen LogP contribution is 2.29. The fourth-order valence-corrected chi connectivity index (χ4v) is 4.36. The third kappa shape index (κ3) is 3.19. The fraction of sp³-hybridized carbons (Fsp3) is 0.500. The molecular weight excluding hydrogens is 290 g/mol. The second-order valence-corrected chi connectivity index (χ2v) is 7.33. The van der Waals surface area contributed by atoms with E-state index in [4.69, 9.17) is 11.5 Å². The summed E-state index contributed by atoms with van der Waals surface area (Å²) in [5, 5.41) is 0. The average Bonchev–Trinajstić information content (AvgIpc) is 2.88. The first-order chi connectivity index (χ1) is 9.86. The molecule has 1 saturated heterocycles. The summed E-state index contributed by atoms with van der Waals surface area (Å²) in [6.07, 6.45) is 2.96. The van der Waals surface area contributed by atoms with Crippen LogP contribution < -0.4 is 11.5 Å². The van der Waals surface area contributed by atoms with E-state index < -0.39 is 15.9 Å². The molecular formula is C14H21N3O3S. The molecule has 0 aromatic heterocycles. The number of hydrogen-bond acceptors (Lipinski definition) is 4. The molecule has 6 nitrogen and oxygen atoms in total. The van der Waals surface area contributed by atoms with Gasteiger partial charge in [0.1, 0.15) is 4.90 Å². The van der Waals surface area contributed by atoms with Crippen LogP contribution in [0.3, 0.4) is 0 Å². The van der Waals surface area contributed by atoms with Crippen LogP contribution in [0.4, 0.5) is 5.69 Å². The summed E-state index contributed by atoms with van der Waals surface area (Å²) in [5.74, 6) is -0.217. The van der Waals surface area contributed by atoms with E-state index in [1.165, 1.54) is 22.5 Å². The van der Waals surface area contributed by atoms with Gasteiger partial charge in [0, 0.05) is 18.7 Å². The van der Waals surface area contributed by atoms with E-state index in [1.807, 2.05) is 0 Å². The van der Waals surface area contributed by atoms with Crippen molar-refractivity contribution in [1.29, 1.82) is 0 Å². The third-order valence-electron chi connectivity index (χ3n) is 3.86. The summed E-state index contributed by atoms with van der Waals surface area (Å²) in [6, 6.07) is 4.07. The fourth-order valence-electron chi connectivity index (χ4n) is 2.74. The average molecular weight is 311 g/mol. The lowest BCUT2D eigenvalue weighted by Gasteiger charge is -2.18. The van der Waals surface area contributed by atoms with Crippen LogP contribution in [0.5, 0.6) is 0 Å². The number of nitrogens with two attached hydrogens (primary N) is 2. The van der Waals surface area contributed by atoms with E-state index in [0.29, 0.717) is 19.0 Å². The third-order valence-corrected chi connectivity index (χ3v) is 5.80. The number of sulfonamides is 1. The van der Waals surface area contributed by atoms with Crippen LogP contribution in [-0.4, -0.2) is 31.7 Å². The monoisotopic (exact) mass is 311 g/mol. The minimum atomic E-state index is -3.61. The number of hydrogen-bond donors (Lipinski definition) is 2. The van der Waals surface area contributed by atoms with Crippen molar-refractivity contribution in [3.63, 3.8) is 0 Å². The van der Waals surface area contributed by atoms with Crippen molar-refractivity contribution in [1.82, 2.24) is 4.31 Å². The zero-order valence-electron chi connectivity index (χ0n) is 12.1. The molecule has 0 saturated carbocycles. The number of carbonyl (C=O) groups is 1. The van der Waals surface area contributed by atoms with Gasteiger partial charge in [-0.3, -0.25) is 4.79 Å². The molecule has 1 atom stereocenters. The minimum absolute atomic E-state index is 0.0460. The van der Waals surface area contributed by atoms with Gasteiger partial charge in [-0.05, 0) is 37.0 Å². The number of benzene rings is 1. The molecule has 0 bridgehead atoms. The van der Waals surface area contributed by atoms with Crippen molar-refractivity contribution < 1.29 is 13.2 Å². The Balaban J connectivity index is 2.26. The van der Waals surface area contributed by atoms with Gasteiger partial charge in [-0.2, -0.15) is 4.31 Å². The molecule has 4 N–H and O–H groups in total. The van der Waals surface area contributed by atoms with Gasteiger partial charge in [0.15, 0.2) is 0 Å². The van der Waals surface area contributed by atoms with Gasteiger partial charge in [-0.15, -0.1) is 0 Å². The van der Waals surface area contributed by atoms with Crippen molar-refractivity contribution in [2.75, 3.05) is 18.8 Å². The van der Waals surface area contributed by atoms with Gasteiger partial charge < -0.3 is 11.5 Å². The quantitative estimate of drug-likeness (QED) is 0.796. The normalized spacial score (nSPS) is 19.8. The molecule has 1 fully saturated rings. The van der Waals surface area contributed by atoms with Crippen molar-refractivity contribution in [2.45, 2.75) is 31.1 Å². The Bertz CT molecular complexity index is 643. The van der Waals surface area contributed by atoms with Crippen molar-refractivity contribution in [2.24, 2.45) is 11.7 Å². The molecule has 1 aliphatic heterocycles. The lowest BCUT2D eigenvalue weighted by atomic mass is 10.0. The van der Waals surface area contributed by atoms with Crippen LogP contribution in [0.25, 0.3) is 0 Å². The van der Waals surface area contributed by atoms with E-state index in [-0.39, 0.29) is 16.1 Å². The maximum absolute atomic E-state index is 12.6. The van der Waals surface area contributed by atoms with Crippen LogP contribution in [0, 0.1) is 5.92 Å². The summed E-state index contributed by atoms with van der Waals surface area (Å²) in [7, 11) is -3.61. The maximum atomic E-state index is 12.6. The standard InChI is InChI=1S/C14H21N3O3S/c1-2-3-10-6-7-17(9-10)21(19,20)13-5-4-11(14(16)18)8-12(13)15/h4-5,8,10H,2-3,6-7,9,15H2,1H3,(H2,16,18). The molecule has 1 aliphatic rings. The van der Waals surface area contributed by atoms with Gasteiger partial charge >= 0.3 is 0 Å². The van der Waals surface area contributed by atoms with Gasteiger partial charge in [-0.25, -0.2) is 8.42 Å². The number of carbonyl (C=O) groups excluding carboxylic acids is 1. The molecule has 0 spiro atoms. The molecule has 0 aliphatic carbocycles. The van der Waals surface area contributed by atoms with E-state index in [9.17, 15) is 13.2 Å². The smallest absolute Gasteiger partial charge is 0.248 e. The Labute approximate surface area is 125 Å². The Morgan fingerprint density at radius 2 is 2.14 bits per heavy atom. The molecule has 0 radical (unpaired) electrons. The first-order valence-corrected chi connectivity index (χ1v) is 8.49. The second kappa shape index (κ2) is 6.03. The first kappa shape index (κ1) is 15.8. The lowest BCUT2D eigenvalue weighted by molar-refractivity contribution is 0.1000. The Morgan fingerprint density at radius 1 is 1.43 bits per heavy atom. The highest BCUT2D eigenvalue weighted by Gasteiger charge is 2.33. The number of nitrogen functional groups attached to an aromatic ring is 1. The number of rotatable bonds is 5. The zero-order valence-corrected chi connectivity index (χ0v) is 12.9. The summed E-state index contributed by atoms with van der Waals surface area (Å²) < 4.78 is 26.7. The number of anilines is 1. The number of primary amides is 1. The maximum Gasteiger partial charge on any atom is 0.248 e. The van der Waals surface area contributed by atoms with Gasteiger partial charge in [-0.1, -0.05) is 13.3 Å². The molecule has 21 heavy (non-hydrogen) atoms. The minimum Gasteiger partial charge on any atom is -0.398 e. The summed E-state index contributed by atoms with van der Waals surface area (Å²) in [5.41, 5.74) is 11.2. The van der Waals surface area contributed by atoms with Crippen LogP contribution in [0.1, 0.15) is 36.5 Å². The highest BCUT2D eigenvalue weighted by molar-refractivity contribution is 7.89. The summed E-state index contributed by atoms with van der Waals surface area (Å²) in [6.45, 7) is 3.15. The van der Waals surface area contributed by atoms with Crippen molar-refractivity contribution in [3.05, 3.63) is 23.8 Å². The van der Waals surface area contributed by atoms with E-state index in [2.05, 4.69) is 6.92 Å². The van der Waals surface area contributed by atoms with Gasteiger partial charge in [0.2, 0.25) is 15.9 Å². The summed E-state index contributed by atoms with van der Waals surface area (Å²) >= 11 is 0. The molecule has 1 amide bonds. The molecule has 1 heterocycles. The lowest BCUT2D eigenvalue weighted by Crippen LogP contribution is -2.29. The number of amides is 1. The van der Waals surface area contributed by atoms with Crippen molar-refractivity contribution >= 4 is 21.6 Å². The summed E-state index contributed by atoms with van der Waals surface area (Å²) in [4.78, 5) is 11.1. The van der Waals surface area contributed by atoms with E-state index >= 15 is 0 Å². The second-order valence-electron chi connectivity index (χ2n) is 5.42. The SMILES string of the molecule is CCCC1CCN(S(=O)(=O)c2ccc(C(N)=O)cc2N)C1. The molecule has 1 aromatic rings. The Kier molecular flexibility index (Phi) is 4.53. The number of nitrogens with zero attached hydrogens (tertiary/aromatic N) is 1. The van der Waals surface area contributed by atoms with Crippen LogP contribution in [0.15, 0.2) is 23.1 Å². The topological polar surface area (TPSA) is 106 Å². The Hall–Kier alpha value is -1.60. The van der Waals surface area contributed by atoms with Gasteiger partial charge in [0.25, 0.3) is 0 Å². The predicted molar refractivity (Wildman–Crippen MR) is 81.1 cm³/mol. The predicted octanol–water partition coefficient (Wildman–Crippen LogP) is 1.18. The van der Waals surface area contributed by atoms with E-state index in [1.54, 1.807) is 0 Å². The van der Waals surface area contributed by atoms with E-state index in [0.717, 1.165) is 19.3 Å². The van der Waals surface area contributed by atoms with Crippen LogP contribution >= 0.6 is 0 Å². The largest absolute Gasteiger partial charge is 0.398 e. The molecule has 7 heteroatoms. The van der Waals surface area contributed by atoms with Gasteiger partial charge in [0.05, 0.1) is 5.69 Å². The molecule has 1 unspecified atom stereocenters. The van der Waals surface area contributed by atoms with Crippen molar-refractivity contribution in [3.8, 4) is 0 Å². The highest BCUT2D eigenvalue weighted by atomic mass is 32.2. The zero-order chi connectivity index (χ0) is 15.6. The molecule has 2 rings (SSSR count).